The number of nitrogens with one attached hydrogen (secondary N) is 3. The molecule has 78 heavy (non-hydrogen) atoms. The van der Waals surface area contributed by atoms with Gasteiger partial charge in [0.2, 0.25) is 17.7 Å². The summed E-state index contributed by atoms with van der Waals surface area (Å²) in [6.45, 7) is 3.90. The molecule has 7 rings (SSSR count). The zero-order valence-electron chi connectivity index (χ0n) is 45.3. The molecular weight excluding hydrogens is 989 g/mol. The van der Waals surface area contributed by atoms with E-state index in [2.05, 4.69) is 16.0 Å². The summed E-state index contributed by atoms with van der Waals surface area (Å²) in [6, 6.07) is 41.4. The Morgan fingerprint density at radius 1 is 0.590 bits per heavy atom. The summed E-state index contributed by atoms with van der Waals surface area (Å²) in [6.07, 6.45) is 0.609. The number of amides is 5. The van der Waals surface area contributed by atoms with Crippen molar-refractivity contribution in [2.45, 2.75) is 63.7 Å². The summed E-state index contributed by atoms with van der Waals surface area (Å²) in [5.41, 5.74) is 4.77. The number of carbonyl (C=O) groups excluding carboxylic acids is 7. The minimum absolute atomic E-state index is 0.0721. The predicted molar refractivity (Wildman–Crippen MR) is 298 cm³/mol. The maximum atomic E-state index is 15.5. The minimum Gasteiger partial charge on any atom is -0.481 e. The first-order valence-corrected chi connectivity index (χ1v) is 26.9. The number of aliphatic carboxylic acids is 1. The van der Waals surface area contributed by atoms with Gasteiger partial charge in [-0.1, -0.05) is 105 Å². The Balaban J connectivity index is 1.21. The lowest BCUT2D eigenvalue weighted by Crippen LogP contribution is -2.43. The number of carboxylic acids is 1. The van der Waals surface area contributed by atoms with Gasteiger partial charge in [0.15, 0.2) is 0 Å². The minimum atomic E-state index is -1.41. The van der Waals surface area contributed by atoms with Gasteiger partial charge in [0.25, 0.3) is 11.8 Å². The van der Waals surface area contributed by atoms with Gasteiger partial charge in [-0.2, -0.15) is 0 Å². The predicted octanol–water partition coefficient (Wildman–Crippen LogP) is 7.67. The number of likely N-dealkylation sites (tertiary alicyclic amines) is 1. The number of ether oxygens (including phenoxy) is 1. The van der Waals surface area contributed by atoms with E-state index in [0.717, 1.165) is 16.9 Å². The molecule has 9 atom stereocenters. The molecule has 16 nitrogen and oxygen atoms in total. The molecule has 2 heterocycles. The summed E-state index contributed by atoms with van der Waals surface area (Å²) >= 11 is 0. The van der Waals surface area contributed by atoms with E-state index in [1.165, 1.54) is 4.90 Å². The Hall–Kier alpha value is -8.14. The molecule has 0 spiro atoms. The number of esters is 2. The topological polar surface area (TPSA) is 212 Å². The molecule has 5 aromatic carbocycles. The van der Waals surface area contributed by atoms with Crippen LogP contribution in [0, 0.1) is 35.5 Å². The van der Waals surface area contributed by atoms with Gasteiger partial charge in [-0.25, -0.2) is 0 Å². The van der Waals surface area contributed by atoms with Crippen molar-refractivity contribution < 1.29 is 48.2 Å². The zero-order chi connectivity index (χ0) is 56.0. The summed E-state index contributed by atoms with van der Waals surface area (Å²) in [5, 5.41) is 20.3. The van der Waals surface area contributed by atoms with Crippen molar-refractivity contribution in [3.05, 3.63) is 167 Å². The van der Waals surface area contributed by atoms with Crippen molar-refractivity contribution in [3.63, 3.8) is 0 Å². The number of nitrogens with zero attached hydrogens (tertiary/aromatic N) is 3. The summed E-state index contributed by atoms with van der Waals surface area (Å²) in [4.78, 5) is 118. The molecular formula is C62H72N6O10. The van der Waals surface area contributed by atoms with Crippen molar-refractivity contribution in [2.24, 2.45) is 35.5 Å². The highest BCUT2D eigenvalue weighted by atomic mass is 16.6. The second kappa shape index (κ2) is 26.8. The number of anilines is 2. The third-order valence-electron chi connectivity index (χ3n) is 15.5. The number of benzene rings is 5. The molecule has 4 N–H and O–H groups in total. The molecule has 0 bridgehead atoms. The van der Waals surface area contributed by atoms with Crippen LogP contribution >= 0.6 is 0 Å². The molecule has 0 aliphatic carbocycles. The number of hydrogen-bond donors (Lipinski definition) is 4. The molecule has 16 heteroatoms. The highest BCUT2D eigenvalue weighted by molar-refractivity contribution is 6.06. The van der Waals surface area contributed by atoms with Crippen LogP contribution < -0.4 is 25.8 Å². The van der Waals surface area contributed by atoms with Crippen LogP contribution in [0.2, 0.25) is 0 Å². The smallest absolute Gasteiger partial charge is 0.318 e. The van der Waals surface area contributed by atoms with Crippen LogP contribution in [-0.4, -0.2) is 112 Å². The molecule has 0 radical (unpaired) electrons. The number of imide groups is 1. The van der Waals surface area contributed by atoms with E-state index in [1.54, 1.807) is 73.7 Å². The summed E-state index contributed by atoms with van der Waals surface area (Å²) < 4.78 is 5.18. The lowest BCUT2D eigenvalue weighted by molar-refractivity contribution is -0.154. The lowest BCUT2D eigenvalue weighted by atomic mass is 9.66. The Kier molecular flexibility index (Phi) is 19.7. The SMILES string of the molecule is CCC(c1ccccc1)C(C(=O)NCCCNC(=O)c1ccc(N(C)C)cc1)C(CC(c1ccccc1)C1C(=O)N(CCCNC(=O)c2ccc(N(C)C)cc2)C(=O)C1CC(c1ccccc1)C1C(=O)OC(=O)C1C)C(=O)O. The van der Waals surface area contributed by atoms with Crippen molar-refractivity contribution in [3.8, 4) is 0 Å². The third-order valence-corrected chi connectivity index (χ3v) is 15.5. The second-order valence-corrected chi connectivity index (χ2v) is 20.8. The standard InChI is InChI=1S/C62H72N6O10/c1-7-47(40-19-11-8-12-20-40)53(57(71)65-34-17-33-63-55(69)43-25-29-45(30-26-43)66(3)4)51(60(74)75)38-49(42-23-15-10-16-24-42)54-50(37-48(41-21-13-9-14-22-41)52-39(2)61(76)78-62(52)77)58(72)68(59(54)73)36-18-35-64-56(70)44-27-31-46(32-28-44)67(5)6/h8-16,19-32,39,47-54H,7,17-18,33-38H2,1-6H3,(H,63,69)(H,64,70)(H,65,71)(H,74,75). The van der Waals surface area contributed by atoms with Crippen molar-refractivity contribution in [1.82, 2.24) is 20.9 Å². The number of carboxylic acid groups (broad SMARTS) is 1. The van der Waals surface area contributed by atoms with Gasteiger partial charge in [0.1, 0.15) is 0 Å². The Morgan fingerprint density at radius 2 is 1.06 bits per heavy atom. The first-order valence-electron chi connectivity index (χ1n) is 26.9. The van der Waals surface area contributed by atoms with Gasteiger partial charge in [0, 0.05) is 76.9 Å². The highest BCUT2D eigenvalue weighted by Crippen LogP contribution is 2.50. The normalized spacial score (nSPS) is 19.0. The van der Waals surface area contributed by atoms with Crippen LogP contribution in [0.1, 0.15) is 101 Å². The van der Waals surface area contributed by atoms with E-state index < -0.39 is 88.9 Å². The van der Waals surface area contributed by atoms with Crippen LogP contribution in [0.5, 0.6) is 0 Å². The van der Waals surface area contributed by atoms with E-state index in [0.29, 0.717) is 35.1 Å². The maximum absolute atomic E-state index is 15.5. The largest absolute Gasteiger partial charge is 0.481 e. The number of rotatable bonds is 26. The zero-order valence-corrected chi connectivity index (χ0v) is 45.3. The Bertz CT molecular complexity index is 2880. The van der Waals surface area contributed by atoms with Gasteiger partial charge in [-0.3, -0.25) is 43.3 Å². The average molecular weight is 1060 g/mol. The fourth-order valence-corrected chi connectivity index (χ4v) is 11.3. The van der Waals surface area contributed by atoms with Gasteiger partial charge in [-0.15, -0.1) is 0 Å². The molecule has 5 amide bonds. The van der Waals surface area contributed by atoms with E-state index in [9.17, 15) is 33.9 Å². The fraction of sp³-hybridized carbons (Fsp3) is 0.387. The Labute approximate surface area is 456 Å². The van der Waals surface area contributed by atoms with Crippen molar-refractivity contribution in [2.75, 3.05) is 64.2 Å². The van der Waals surface area contributed by atoms with Gasteiger partial charge >= 0.3 is 17.9 Å². The highest BCUT2D eigenvalue weighted by Gasteiger charge is 2.55. The van der Waals surface area contributed by atoms with E-state index >= 15 is 9.59 Å². The van der Waals surface area contributed by atoms with Crippen LogP contribution in [-0.2, 0) is 33.5 Å². The van der Waals surface area contributed by atoms with Gasteiger partial charge in [0.05, 0.1) is 35.5 Å². The van der Waals surface area contributed by atoms with Gasteiger partial charge in [-0.05, 0) is 115 Å². The first kappa shape index (κ1) is 57.6. The number of cyclic esters (lactones) is 2. The monoisotopic (exact) mass is 1060 g/mol. The molecule has 410 valence electrons. The van der Waals surface area contributed by atoms with Gasteiger partial charge < -0.3 is 35.6 Å². The molecule has 9 unspecified atom stereocenters. The molecule has 2 fully saturated rings. The van der Waals surface area contributed by atoms with Crippen LogP contribution in [0.25, 0.3) is 0 Å². The molecule has 5 aromatic rings. The van der Waals surface area contributed by atoms with E-state index in [1.807, 2.05) is 118 Å². The van der Waals surface area contributed by atoms with Crippen molar-refractivity contribution in [1.29, 1.82) is 0 Å². The van der Waals surface area contributed by atoms with E-state index in [-0.39, 0.29) is 57.3 Å². The van der Waals surface area contributed by atoms with Crippen molar-refractivity contribution >= 4 is 58.8 Å². The van der Waals surface area contributed by atoms with Crippen LogP contribution in [0.15, 0.2) is 140 Å². The molecule has 2 aliphatic heterocycles. The molecule has 0 aromatic heterocycles. The van der Waals surface area contributed by atoms with Crippen LogP contribution in [0.3, 0.4) is 0 Å². The van der Waals surface area contributed by atoms with E-state index in [4.69, 9.17) is 4.74 Å². The summed E-state index contributed by atoms with van der Waals surface area (Å²) in [5.74, 6) is -14.0. The number of hydrogen-bond acceptors (Lipinski definition) is 11. The summed E-state index contributed by atoms with van der Waals surface area (Å²) in [7, 11) is 7.62. The first-order chi connectivity index (χ1) is 37.5. The average Bonchev–Trinajstić information content (AvgIpc) is 3.89. The fourth-order valence-electron chi connectivity index (χ4n) is 11.3. The Morgan fingerprint density at radius 3 is 1.53 bits per heavy atom. The number of carbonyl (C=O) groups is 8. The second-order valence-electron chi connectivity index (χ2n) is 20.8. The lowest BCUT2D eigenvalue weighted by Gasteiger charge is -2.35. The third kappa shape index (κ3) is 13.7. The molecule has 2 aliphatic rings. The maximum Gasteiger partial charge on any atom is 0.318 e. The van der Waals surface area contributed by atoms with Crippen LogP contribution in [0.4, 0.5) is 11.4 Å². The molecule has 2 saturated heterocycles. The quantitative estimate of drug-likeness (QED) is 0.0182. The molecule has 0 saturated carbocycles.